The number of likely N-dealkylation sites (N-methyl/N-ethyl adjacent to an activating group) is 1. The molecule has 9 heteroatoms. The highest BCUT2D eigenvalue weighted by Gasteiger charge is 2.16. The Bertz CT molecular complexity index is 510. The van der Waals surface area contributed by atoms with Crippen molar-refractivity contribution in [1.82, 2.24) is 4.90 Å². The first-order chi connectivity index (χ1) is 11.3. The second kappa shape index (κ2) is 11.8. The molecule has 0 aliphatic rings. The van der Waals surface area contributed by atoms with E-state index in [4.69, 9.17) is 9.47 Å². The van der Waals surface area contributed by atoms with Gasteiger partial charge in [0.25, 0.3) is 0 Å². The zero-order valence-corrected chi connectivity index (χ0v) is 14.0. The third kappa shape index (κ3) is 11.0. The van der Waals surface area contributed by atoms with Gasteiger partial charge in [0.1, 0.15) is 12.7 Å². The fraction of sp³-hybridized carbons (Fsp3) is 0.467. The van der Waals surface area contributed by atoms with Crippen LogP contribution in [0.25, 0.3) is 0 Å². The van der Waals surface area contributed by atoms with Crippen LogP contribution in [0.5, 0.6) is 0 Å². The predicted octanol–water partition coefficient (Wildman–Crippen LogP) is -0.539. The van der Waals surface area contributed by atoms with Crippen molar-refractivity contribution < 1.29 is 38.1 Å². The number of rotatable bonds is 9. The SMILES string of the molecule is COC(=O)/C=C/C(=O)OCC(CN(C)C)OC(=O)/C=C/C(=O)OC. The zero-order chi connectivity index (χ0) is 18.5. The Kier molecular flexibility index (Phi) is 10.5. The quantitative estimate of drug-likeness (QED) is 0.310. The van der Waals surface area contributed by atoms with Gasteiger partial charge in [0, 0.05) is 30.8 Å². The van der Waals surface area contributed by atoms with Gasteiger partial charge < -0.3 is 23.8 Å². The molecule has 0 amide bonds. The Morgan fingerprint density at radius 3 is 1.75 bits per heavy atom. The maximum Gasteiger partial charge on any atom is 0.331 e. The molecule has 0 aromatic heterocycles. The van der Waals surface area contributed by atoms with Crippen molar-refractivity contribution >= 4 is 23.9 Å². The molecular formula is C15H21NO8. The molecule has 0 saturated carbocycles. The zero-order valence-electron chi connectivity index (χ0n) is 14.0. The van der Waals surface area contributed by atoms with E-state index in [2.05, 4.69) is 9.47 Å². The van der Waals surface area contributed by atoms with E-state index >= 15 is 0 Å². The summed E-state index contributed by atoms with van der Waals surface area (Å²) >= 11 is 0. The van der Waals surface area contributed by atoms with Gasteiger partial charge in [-0.3, -0.25) is 0 Å². The van der Waals surface area contributed by atoms with E-state index < -0.39 is 30.0 Å². The first-order valence-corrected chi connectivity index (χ1v) is 6.82. The van der Waals surface area contributed by atoms with Crippen LogP contribution in [0.4, 0.5) is 0 Å². The van der Waals surface area contributed by atoms with Crippen molar-refractivity contribution in [1.29, 1.82) is 0 Å². The standard InChI is InChI=1S/C15H21NO8/c1-16(2)9-11(24-15(20)8-6-13(18)22-4)10-23-14(19)7-5-12(17)21-3/h5-8,11H,9-10H2,1-4H3/b7-5+,8-6+. The number of carbonyl (C=O) groups is 4. The van der Waals surface area contributed by atoms with Crippen LogP contribution in [0.15, 0.2) is 24.3 Å². The number of methoxy groups -OCH3 is 2. The van der Waals surface area contributed by atoms with Gasteiger partial charge in [-0.1, -0.05) is 0 Å². The largest absolute Gasteiger partial charge is 0.466 e. The minimum Gasteiger partial charge on any atom is -0.466 e. The van der Waals surface area contributed by atoms with Crippen molar-refractivity contribution in [2.75, 3.05) is 41.5 Å². The third-order valence-electron chi connectivity index (χ3n) is 2.38. The van der Waals surface area contributed by atoms with E-state index in [0.29, 0.717) is 0 Å². The second-order valence-electron chi connectivity index (χ2n) is 4.66. The van der Waals surface area contributed by atoms with Gasteiger partial charge in [-0.15, -0.1) is 0 Å². The molecule has 0 heterocycles. The van der Waals surface area contributed by atoms with Crippen LogP contribution in [0.1, 0.15) is 0 Å². The van der Waals surface area contributed by atoms with E-state index in [1.807, 2.05) is 0 Å². The van der Waals surface area contributed by atoms with Crippen LogP contribution in [-0.2, 0) is 38.1 Å². The molecule has 0 aromatic rings. The fourth-order valence-electron chi connectivity index (χ4n) is 1.37. The van der Waals surface area contributed by atoms with Gasteiger partial charge >= 0.3 is 23.9 Å². The molecule has 0 rings (SSSR count). The van der Waals surface area contributed by atoms with Crippen LogP contribution in [0, 0.1) is 0 Å². The highest BCUT2D eigenvalue weighted by Crippen LogP contribution is 1.99. The maximum atomic E-state index is 11.6. The summed E-state index contributed by atoms with van der Waals surface area (Å²) in [6, 6.07) is 0. The minimum atomic E-state index is -0.787. The Morgan fingerprint density at radius 2 is 1.29 bits per heavy atom. The van der Waals surface area contributed by atoms with E-state index in [-0.39, 0.29) is 13.2 Å². The van der Waals surface area contributed by atoms with Gasteiger partial charge in [0.15, 0.2) is 0 Å². The molecule has 0 radical (unpaired) electrons. The fourth-order valence-corrected chi connectivity index (χ4v) is 1.37. The highest BCUT2D eigenvalue weighted by atomic mass is 16.6. The Morgan fingerprint density at radius 1 is 0.833 bits per heavy atom. The molecule has 0 fully saturated rings. The molecule has 24 heavy (non-hydrogen) atoms. The number of esters is 4. The molecule has 0 aliphatic carbocycles. The monoisotopic (exact) mass is 343 g/mol. The van der Waals surface area contributed by atoms with E-state index in [9.17, 15) is 19.2 Å². The molecule has 0 saturated heterocycles. The Balaban J connectivity index is 4.56. The summed E-state index contributed by atoms with van der Waals surface area (Å²) < 4.78 is 18.7. The normalized spacial score (nSPS) is 12.2. The summed E-state index contributed by atoms with van der Waals surface area (Å²) in [5, 5.41) is 0. The van der Waals surface area contributed by atoms with Gasteiger partial charge in [-0.2, -0.15) is 0 Å². The Labute approximate surface area is 139 Å². The first kappa shape index (κ1) is 21.3. The molecule has 134 valence electrons. The highest BCUT2D eigenvalue weighted by molar-refractivity contribution is 5.92. The van der Waals surface area contributed by atoms with Gasteiger partial charge in [-0.05, 0) is 14.1 Å². The van der Waals surface area contributed by atoms with Crippen LogP contribution in [0.2, 0.25) is 0 Å². The molecule has 0 N–H and O–H groups in total. The molecule has 0 aliphatic heterocycles. The lowest BCUT2D eigenvalue weighted by molar-refractivity contribution is -0.153. The summed E-state index contributed by atoms with van der Waals surface area (Å²) in [7, 11) is 5.83. The lowest BCUT2D eigenvalue weighted by Crippen LogP contribution is -2.34. The lowest BCUT2D eigenvalue weighted by Gasteiger charge is -2.20. The summed E-state index contributed by atoms with van der Waals surface area (Å²) in [5.41, 5.74) is 0. The van der Waals surface area contributed by atoms with E-state index in [1.165, 1.54) is 14.2 Å². The molecule has 1 unspecified atom stereocenters. The van der Waals surface area contributed by atoms with Crippen LogP contribution in [-0.4, -0.2) is 76.3 Å². The predicted molar refractivity (Wildman–Crippen MR) is 81.7 cm³/mol. The molecule has 0 spiro atoms. The molecule has 0 bridgehead atoms. The van der Waals surface area contributed by atoms with Crippen LogP contribution >= 0.6 is 0 Å². The Hall–Kier alpha value is -2.68. The van der Waals surface area contributed by atoms with Gasteiger partial charge in [0.05, 0.1) is 14.2 Å². The molecule has 9 nitrogen and oxygen atoms in total. The minimum absolute atomic E-state index is 0.222. The third-order valence-corrected chi connectivity index (χ3v) is 2.38. The van der Waals surface area contributed by atoms with Crippen LogP contribution in [0.3, 0.4) is 0 Å². The van der Waals surface area contributed by atoms with Crippen molar-refractivity contribution in [3.05, 3.63) is 24.3 Å². The average Bonchev–Trinajstić information content (AvgIpc) is 2.54. The van der Waals surface area contributed by atoms with Crippen LogP contribution < -0.4 is 0 Å². The molecular weight excluding hydrogens is 322 g/mol. The molecule has 1 atom stereocenters. The van der Waals surface area contributed by atoms with E-state index in [0.717, 1.165) is 24.3 Å². The van der Waals surface area contributed by atoms with Gasteiger partial charge in [0.2, 0.25) is 0 Å². The number of ether oxygens (including phenoxy) is 4. The number of carbonyl (C=O) groups excluding carboxylic acids is 4. The first-order valence-electron chi connectivity index (χ1n) is 6.82. The average molecular weight is 343 g/mol. The van der Waals surface area contributed by atoms with Gasteiger partial charge in [-0.25, -0.2) is 19.2 Å². The number of nitrogens with zero attached hydrogens (tertiary/aromatic N) is 1. The smallest absolute Gasteiger partial charge is 0.331 e. The number of hydrogen-bond donors (Lipinski definition) is 0. The summed E-state index contributed by atoms with van der Waals surface area (Å²) in [6.07, 6.45) is 2.88. The summed E-state index contributed by atoms with van der Waals surface area (Å²) in [5.74, 6) is -2.97. The van der Waals surface area contributed by atoms with Crippen molar-refractivity contribution in [3.63, 3.8) is 0 Å². The van der Waals surface area contributed by atoms with Crippen molar-refractivity contribution in [3.8, 4) is 0 Å². The second-order valence-corrected chi connectivity index (χ2v) is 4.66. The van der Waals surface area contributed by atoms with Crippen molar-refractivity contribution in [2.24, 2.45) is 0 Å². The van der Waals surface area contributed by atoms with Crippen molar-refractivity contribution in [2.45, 2.75) is 6.10 Å². The topological polar surface area (TPSA) is 108 Å². The van der Waals surface area contributed by atoms with E-state index in [1.54, 1.807) is 19.0 Å². The molecule has 0 aromatic carbocycles. The number of hydrogen-bond acceptors (Lipinski definition) is 9. The summed E-state index contributed by atoms with van der Waals surface area (Å²) in [4.78, 5) is 46.5. The lowest BCUT2D eigenvalue weighted by atomic mass is 10.3. The summed E-state index contributed by atoms with van der Waals surface area (Å²) in [6.45, 7) is 0.0616. The maximum absolute atomic E-state index is 11.6.